The number of esters is 1. The number of carbonyl (C=O) groups is 1. The molecule has 3 nitrogen and oxygen atoms in total. The zero-order valence-electron chi connectivity index (χ0n) is 9.47. The average molecular weight is 263 g/mol. The molecule has 0 saturated heterocycles. The van der Waals surface area contributed by atoms with E-state index in [4.69, 9.17) is 21.4 Å². The Morgan fingerprint density at radius 2 is 1.67 bits per heavy atom. The van der Waals surface area contributed by atoms with Gasteiger partial charge in [0, 0.05) is 5.02 Å². The fourth-order valence-electron chi connectivity index (χ4n) is 1.41. The molecule has 0 unspecified atom stereocenters. The summed E-state index contributed by atoms with van der Waals surface area (Å²) in [5, 5.41) is 9.75. The lowest BCUT2D eigenvalue weighted by Crippen LogP contribution is -2.04. The number of hydrogen-bond acceptors (Lipinski definition) is 3. The molecule has 2 aromatic rings. The summed E-state index contributed by atoms with van der Waals surface area (Å²) in [5.74, 6) is -0.311. The maximum Gasteiger partial charge on any atom is 0.338 e. The van der Waals surface area contributed by atoms with Gasteiger partial charge in [-0.3, -0.25) is 0 Å². The lowest BCUT2D eigenvalue weighted by Gasteiger charge is -2.05. The summed E-state index contributed by atoms with van der Waals surface area (Å²) in [4.78, 5) is 11.7. The van der Waals surface area contributed by atoms with Crippen molar-refractivity contribution in [2.75, 3.05) is 0 Å². The molecule has 0 radical (unpaired) electrons. The smallest absolute Gasteiger partial charge is 0.338 e. The Morgan fingerprint density at radius 3 is 2.28 bits per heavy atom. The number of phenolic OH excluding ortho intramolecular Hbond substituents is 1. The van der Waals surface area contributed by atoms with Crippen LogP contribution in [0, 0.1) is 0 Å². The van der Waals surface area contributed by atoms with Crippen molar-refractivity contribution in [2.45, 2.75) is 6.61 Å². The van der Waals surface area contributed by atoms with Gasteiger partial charge in [0.15, 0.2) is 0 Å². The highest BCUT2D eigenvalue weighted by atomic mass is 35.5. The maximum absolute atomic E-state index is 11.7. The van der Waals surface area contributed by atoms with Crippen LogP contribution in [0.5, 0.6) is 5.75 Å². The second-order valence-corrected chi connectivity index (χ2v) is 4.19. The van der Waals surface area contributed by atoms with E-state index in [0.29, 0.717) is 10.6 Å². The summed E-state index contributed by atoms with van der Waals surface area (Å²) >= 11 is 5.75. The molecule has 0 bridgehead atoms. The number of phenols is 1. The van der Waals surface area contributed by atoms with Gasteiger partial charge in [0.25, 0.3) is 0 Å². The summed E-state index contributed by atoms with van der Waals surface area (Å²) < 4.78 is 5.13. The molecule has 92 valence electrons. The summed E-state index contributed by atoms with van der Waals surface area (Å²) in [6, 6.07) is 13.0. The molecule has 0 saturated carbocycles. The molecule has 0 atom stereocenters. The van der Waals surface area contributed by atoms with E-state index in [9.17, 15) is 4.79 Å². The fraction of sp³-hybridized carbons (Fsp3) is 0.0714. The first kappa shape index (κ1) is 12.5. The number of ether oxygens (including phenoxy) is 1. The Labute approximate surface area is 110 Å². The summed E-state index contributed by atoms with van der Waals surface area (Å²) in [6.07, 6.45) is 0. The van der Waals surface area contributed by atoms with E-state index < -0.39 is 5.97 Å². The van der Waals surface area contributed by atoms with Crippen molar-refractivity contribution in [3.63, 3.8) is 0 Å². The maximum atomic E-state index is 11.7. The van der Waals surface area contributed by atoms with Crippen molar-refractivity contribution in [3.05, 3.63) is 64.7 Å². The van der Waals surface area contributed by atoms with Gasteiger partial charge < -0.3 is 9.84 Å². The van der Waals surface area contributed by atoms with Gasteiger partial charge >= 0.3 is 5.97 Å². The molecular weight excluding hydrogens is 252 g/mol. The standard InChI is InChI=1S/C14H11ClO3/c15-12-5-1-10(2-6-12)9-18-14(17)11-3-7-13(16)8-4-11/h1-8,16H,9H2. The monoisotopic (exact) mass is 262 g/mol. The zero-order valence-corrected chi connectivity index (χ0v) is 10.2. The second kappa shape index (κ2) is 5.56. The molecule has 0 amide bonds. The quantitative estimate of drug-likeness (QED) is 0.863. The first-order valence-corrected chi connectivity index (χ1v) is 5.73. The molecule has 0 aliphatic rings. The zero-order chi connectivity index (χ0) is 13.0. The van der Waals surface area contributed by atoms with Gasteiger partial charge in [-0.25, -0.2) is 4.79 Å². The van der Waals surface area contributed by atoms with E-state index in [1.54, 1.807) is 24.3 Å². The van der Waals surface area contributed by atoms with Crippen LogP contribution in [0.15, 0.2) is 48.5 Å². The summed E-state index contributed by atoms with van der Waals surface area (Å²) in [6.45, 7) is 0.191. The van der Waals surface area contributed by atoms with E-state index in [-0.39, 0.29) is 12.4 Å². The van der Waals surface area contributed by atoms with Crippen molar-refractivity contribution in [1.82, 2.24) is 0 Å². The molecule has 0 fully saturated rings. The van der Waals surface area contributed by atoms with Crippen LogP contribution in [0.4, 0.5) is 0 Å². The van der Waals surface area contributed by atoms with E-state index in [1.807, 2.05) is 0 Å². The molecule has 2 aromatic carbocycles. The van der Waals surface area contributed by atoms with Crippen LogP contribution in [0.1, 0.15) is 15.9 Å². The molecule has 0 heterocycles. The number of hydrogen-bond donors (Lipinski definition) is 1. The van der Waals surface area contributed by atoms with Crippen LogP contribution >= 0.6 is 11.6 Å². The van der Waals surface area contributed by atoms with Gasteiger partial charge in [0.05, 0.1) is 5.56 Å². The van der Waals surface area contributed by atoms with Crippen LogP contribution in [0.25, 0.3) is 0 Å². The van der Waals surface area contributed by atoms with Gasteiger partial charge in [0.1, 0.15) is 12.4 Å². The molecule has 4 heteroatoms. The van der Waals surface area contributed by atoms with Gasteiger partial charge in [-0.15, -0.1) is 0 Å². The molecule has 0 aliphatic heterocycles. The highest BCUT2D eigenvalue weighted by Gasteiger charge is 2.06. The molecule has 1 N–H and O–H groups in total. The van der Waals surface area contributed by atoms with Gasteiger partial charge in [-0.05, 0) is 42.0 Å². The van der Waals surface area contributed by atoms with Crippen LogP contribution < -0.4 is 0 Å². The van der Waals surface area contributed by atoms with Gasteiger partial charge in [0.2, 0.25) is 0 Å². The molecule has 0 aromatic heterocycles. The Hall–Kier alpha value is -2.00. The van der Waals surface area contributed by atoms with E-state index in [2.05, 4.69) is 0 Å². The number of carbonyl (C=O) groups excluding carboxylic acids is 1. The van der Waals surface area contributed by atoms with Crippen molar-refractivity contribution < 1.29 is 14.6 Å². The highest BCUT2D eigenvalue weighted by Crippen LogP contribution is 2.13. The Balaban J connectivity index is 1.96. The first-order chi connectivity index (χ1) is 8.65. The molecule has 18 heavy (non-hydrogen) atoms. The van der Waals surface area contributed by atoms with Crippen molar-refractivity contribution >= 4 is 17.6 Å². The van der Waals surface area contributed by atoms with Crippen molar-refractivity contribution in [3.8, 4) is 5.75 Å². The molecule has 2 rings (SSSR count). The Kier molecular flexibility index (Phi) is 3.85. The second-order valence-electron chi connectivity index (χ2n) is 3.75. The van der Waals surface area contributed by atoms with Crippen LogP contribution in [0.2, 0.25) is 5.02 Å². The number of benzene rings is 2. The third-order valence-corrected chi connectivity index (χ3v) is 2.64. The van der Waals surface area contributed by atoms with Crippen molar-refractivity contribution in [1.29, 1.82) is 0 Å². The average Bonchev–Trinajstić information content (AvgIpc) is 2.38. The first-order valence-electron chi connectivity index (χ1n) is 5.36. The lowest BCUT2D eigenvalue weighted by molar-refractivity contribution is 0.0472. The predicted molar refractivity (Wildman–Crippen MR) is 68.7 cm³/mol. The minimum absolute atomic E-state index is 0.115. The lowest BCUT2D eigenvalue weighted by atomic mass is 10.2. The van der Waals surface area contributed by atoms with Crippen LogP contribution in [-0.2, 0) is 11.3 Å². The van der Waals surface area contributed by atoms with Gasteiger partial charge in [-0.1, -0.05) is 23.7 Å². The minimum Gasteiger partial charge on any atom is -0.508 e. The molecule has 0 spiro atoms. The Bertz CT molecular complexity index is 532. The highest BCUT2D eigenvalue weighted by molar-refractivity contribution is 6.30. The fourth-order valence-corrected chi connectivity index (χ4v) is 1.54. The predicted octanol–water partition coefficient (Wildman–Crippen LogP) is 3.40. The SMILES string of the molecule is O=C(OCc1ccc(Cl)cc1)c1ccc(O)cc1. The Morgan fingerprint density at radius 1 is 1.06 bits per heavy atom. The van der Waals surface area contributed by atoms with E-state index in [0.717, 1.165) is 5.56 Å². The largest absolute Gasteiger partial charge is 0.508 e. The topological polar surface area (TPSA) is 46.5 Å². The minimum atomic E-state index is -0.426. The van der Waals surface area contributed by atoms with E-state index in [1.165, 1.54) is 24.3 Å². The molecule has 0 aliphatic carbocycles. The normalized spacial score (nSPS) is 10.1. The number of halogens is 1. The van der Waals surface area contributed by atoms with Crippen LogP contribution in [-0.4, -0.2) is 11.1 Å². The summed E-state index contributed by atoms with van der Waals surface area (Å²) in [7, 11) is 0. The van der Waals surface area contributed by atoms with Gasteiger partial charge in [-0.2, -0.15) is 0 Å². The molecular formula is C14H11ClO3. The van der Waals surface area contributed by atoms with Crippen molar-refractivity contribution in [2.24, 2.45) is 0 Å². The summed E-state index contributed by atoms with van der Waals surface area (Å²) in [5.41, 5.74) is 1.27. The number of aromatic hydroxyl groups is 1. The van der Waals surface area contributed by atoms with Crippen LogP contribution in [0.3, 0.4) is 0 Å². The number of rotatable bonds is 3. The van der Waals surface area contributed by atoms with E-state index >= 15 is 0 Å². The third-order valence-electron chi connectivity index (χ3n) is 2.39. The third kappa shape index (κ3) is 3.25.